The molecule has 5 heteroatoms. The van der Waals surface area contributed by atoms with Crippen LogP contribution in [0.1, 0.15) is 19.4 Å². The second-order valence-electron chi connectivity index (χ2n) is 3.82. The predicted molar refractivity (Wildman–Crippen MR) is 66.1 cm³/mol. The Labute approximate surface area is 106 Å². The van der Waals surface area contributed by atoms with Gasteiger partial charge in [0.15, 0.2) is 6.10 Å². The van der Waals surface area contributed by atoms with Crippen LogP contribution in [0.25, 0.3) is 0 Å². The molecule has 1 aromatic carbocycles. The first kappa shape index (κ1) is 14.0. The lowest BCUT2D eigenvalue weighted by molar-refractivity contribution is -0.152. The van der Waals surface area contributed by atoms with Gasteiger partial charge in [-0.05, 0) is 24.6 Å². The number of carbonyl (C=O) groups excluding carboxylic acids is 2. The van der Waals surface area contributed by atoms with Gasteiger partial charge in [-0.1, -0.05) is 12.1 Å². The number of nitrogens with one attached hydrogen (secondary N) is 1. The molecular weight excluding hydrogens is 234 g/mol. The number of hydrogen-bond acceptors (Lipinski definition) is 4. The lowest BCUT2D eigenvalue weighted by atomic mass is 10.2. The summed E-state index contributed by atoms with van der Waals surface area (Å²) in [6, 6.07) is 7.37. The Morgan fingerprint density at radius 3 is 2.72 bits per heavy atom. The molecule has 0 heterocycles. The molecule has 1 atom stereocenters. The summed E-state index contributed by atoms with van der Waals surface area (Å²) in [5, 5.41) is 2.68. The van der Waals surface area contributed by atoms with Crippen molar-refractivity contribution in [2.45, 2.75) is 26.5 Å². The maximum Gasteiger partial charge on any atom is 0.303 e. The van der Waals surface area contributed by atoms with E-state index in [1.807, 2.05) is 24.3 Å². The van der Waals surface area contributed by atoms with E-state index in [0.29, 0.717) is 6.54 Å². The second-order valence-corrected chi connectivity index (χ2v) is 3.82. The zero-order valence-corrected chi connectivity index (χ0v) is 10.7. The van der Waals surface area contributed by atoms with Crippen molar-refractivity contribution in [1.29, 1.82) is 0 Å². The first-order valence-corrected chi connectivity index (χ1v) is 5.60. The van der Waals surface area contributed by atoms with Crippen LogP contribution in [0.4, 0.5) is 0 Å². The number of methoxy groups -OCH3 is 1. The van der Waals surface area contributed by atoms with Gasteiger partial charge in [0.25, 0.3) is 5.91 Å². The molecule has 5 nitrogen and oxygen atoms in total. The van der Waals surface area contributed by atoms with E-state index in [0.717, 1.165) is 11.3 Å². The van der Waals surface area contributed by atoms with Crippen LogP contribution >= 0.6 is 0 Å². The van der Waals surface area contributed by atoms with Crippen molar-refractivity contribution < 1.29 is 19.1 Å². The maximum atomic E-state index is 11.6. The van der Waals surface area contributed by atoms with Gasteiger partial charge in [-0.2, -0.15) is 0 Å². The normalized spacial score (nSPS) is 11.5. The van der Waals surface area contributed by atoms with E-state index in [1.165, 1.54) is 13.8 Å². The molecule has 1 N–H and O–H groups in total. The highest BCUT2D eigenvalue weighted by Crippen LogP contribution is 2.12. The molecule has 0 fully saturated rings. The summed E-state index contributed by atoms with van der Waals surface area (Å²) in [6.07, 6.45) is -0.784. The highest BCUT2D eigenvalue weighted by Gasteiger charge is 2.14. The maximum absolute atomic E-state index is 11.6. The molecule has 0 aliphatic rings. The van der Waals surface area contributed by atoms with E-state index in [-0.39, 0.29) is 5.91 Å². The highest BCUT2D eigenvalue weighted by atomic mass is 16.5. The number of benzene rings is 1. The summed E-state index contributed by atoms with van der Waals surface area (Å²) in [5.74, 6) is -0.0677. The van der Waals surface area contributed by atoms with E-state index < -0.39 is 12.1 Å². The van der Waals surface area contributed by atoms with Crippen LogP contribution in [-0.4, -0.2) is 25.1 Å². The smallest absolute Gasteiger partial charge is 0.303 e. The Morgan fingerprint density at radius 1 is 1.39 bits per heavy atom. The van der Waals surface area contributed by atoms with Gasteiger partial charge in [0.05, 0.1) is 7.11 Å². The molecule has 0 aliphatic carbocycles. The minimum atomic E-state index is -0.784. The fourth-order valence-corrected chi connectivity index (χ4v) is 1.42. The van der Waals surface area contributed by atoms with Gasteiger partial charge in [-0.25, -0.2) is 0 Å². The molecule has 0 aromatic heterocycles. The van der Waals surface area contributed by atoms with Gasteiger partial charge in [0, 0.05) is 13.5 Å². The van der Waals surface area contributed by atoms with E-state index in [9.17, 15) is 9.59 Å². The van der Waals surface area contributed by atoms with Gasteiger partial charge in [-0.3, -0.25) is 9.59 Å². The van der Waals surface area contributed by atoms with Crippen LogP contribution in [0.15, 0.2) is 24.3 Å². The molecule has 0 bridgehead atoms. The quantitative estimate of drug-likeness (QED) is 0.800. The first-order valence-electron chi connectivity index (χ1n) is 5.60. The second kappa shape index (κ2) is 6.64. The van der Waals surface area contributed by atoms with Crippen molar-refractivity contribution in [3.63, 3.8) is 0 Å². The zero-order valence-electron chi connectivity index (χ0n) is 10.7. The Balaban J connectivity index is 2.49. The number of amides is 1. The Morgan fingerprint density at radius 2 is 2.11 bits per heavy atom. The van der Waals surface area contributed by atoms with Crippen LogP contribution in [0.3, 0.4) is 0 Å². The molecule has 0 aliphatic heterocycles. The molecule has 98 valence electrons. The van der Waals surface area contributed by atoms with Gasteiger partial charge in [0.2, 0.25) is 0 Å². The lowest BCUT2D eigenvalue weighted by Crippen LogP contribution is -2.35. The Hall–Kier alpha value is -2.04. The van der Waals surface area contributed by atoms with E-state index in [2.05, 4.69) is 5.32 Å². The Kier molecular flexibility index (Phi) is 5.17. The molecule has 0 spiro atoms. The topological polar surface area (TPSA) is 64.6 Å². The molecule has 1 aromatic rings. The summed E-state index contributed by atoms with van der Waals surface area (Å²) < 4.78 is 9.85. The van der Waals surface area contributed by atoms with Crippen molar-refractivity contribution in [3.8, 4) is 5.75 Å². The van der Waals surface area contributed by atoms with Gasteiger partial charge in [0.1, 0.15) is 5.75 Å². The first-order chi connectivity index (χ1) is 8.52. The van der Waals surface area contributed by atoms with Gasteiger partial charge >= 0.3 is 5.97 Å². The van der Waals surface area contributed by atoms with Crippen LogP contribution in [-0.2, 0) is 20.9 Å². The summed E-state index contributed by atoms with van der Waals surface area (Å²) in [6.45, 7) is 3.16. The predicted octanol–water partition coefficient (Wildman–Crippen LogP) is 1.26. The fourth-order valence-electron chi connectivity index (χ4n) is 1.42. The molecule has 0 saturated carbocycles. The number of hydrogen-bond donors (Lipinski definition) is 1. The van der Waals surface area contributed by atoms with Gasteiger partial charge in [-0.15, -0.1) is 0 Å². The number of esters is 1. The summed E-state index contributed by atoms with van der Waals surface area (Å²) in [4.78, 5) is 22.3. The monoisotopic (exact) mass is 251 g/mol. The molecule has 0 saturated heterocycles. The summed E-state index contributed by atoms with van der Waals surface area (Å²) >= 11 is 0. The minimum absolute atomic E-state index is 0.326. The fraction of sp³-hybridized carbons (Fsp3) is 0.385. The molecule has 1 unspecified atom stereocenters. The third-order valence-electron chi connectivity index (χ3n) is 2.31. The standard InChI is InChI=1S/C13H17NO4/c1-9(18-10(2)15)13(16)14-8-11-5-4-6-12(7-11)17-3/h4-7,9H,8H2,1-3H3,(H,14,16). The van der Waals surface area contributed by atoms with Crippen LogP contribution in [0.5, 0.6) is 5.75 Å². The molecular formula is C13H17NO4. The van der Waals surface area contributed by atoms with Crippen LogP contribution in [0, 0.1) is 0 Å². The molecule has 0 radical (unpaired) electrons. The van der Waals surface area contributed by atoms with Crippen molar-refractivity contribution in [2.75, 3.05) is 7.11 Å². The van der Waals surface area contributed by atoms with Crippen molar-refractivity contribution >= 4 is 11.9 Å². The Bertz CT molecular complexity index is 431. The summed E-state index contributed by atoms with van der Waals surface area (Å²) in [5.41, 5.74) is 0.915. The third-order valence-corrected chi connectivity index (χ3v) is 2.31. The molecule has 18 heavy (non-hydrogen) atoms. The third kappa shape index (κ3) is 4.45. The average molecular weight is 251 g/mol. The minimum Gasteiger partial charge on any atom is -0.497 e. The number of carbonyl (C=O) groups is 2. The van der Waals surface area contributed by atoms with E-state index in [4.69, 9.17) is 9.47 Å². The largest absolute Gasteiger partial charge is 0.497 e. The average Bonchev–Trinajstić information content (AvgIpc) is 2.35. The number of rotatable bonds is 5. The number of ether oxygens (including phenoxy) is 2. The van der Waals surface area contributed by atoms with Crippen molar-refractivity contribution in [2.24, 2.45) is 0 Å². The van der Waals surface area contributed by atoms with Crippen molar-refractivity contribution in [1.82, 2.24) is 5.32 Å². The van der Waals surface area contributed by atoms with E-state index in [1.54, 1.807) is 7.11 Å². The van der Waals surface area contributed by atoms with E-state index >= 15 is 0 Å². The van der Waals surface area contributed by atoms with Gasteiger partial charge < -0.3 is 14.8 Å². The van der Waals surface area contributed by atoms with Crippen LogP contribution in [0.2, 0.25) is 0 Å². The SMILES string of the molecule is COc1cccc(CNC(=O)C(C)OC(C)=O)c1. The van der Waals surface area contributed by atoms with Crippen LogP contribution < -0.4 is 10.1 Å². The molecule has 1 rings (SSSR count). The molecule has 1 amide bonds. The van der Waals surface area contributed by atoms with Crippen molar-refractivity contribution in [3.05, 3.63) is 29.8 Å². The highest BCUT2D eigenvalue weighted by molar-refractivity contribution is 5.82. The lowest BCUT2D eigenvalue weighted by Gasteiger charge is -2.12. The zero-order chi connectivity index (χ0) is 13.5. The summed E-state index contributed by atoms with van der Waals surface area (Å²) in [7, 11) is 1.58.